The lowest BCUT2D eigenvalue weighted by atomic mass is 9.82. The van der Waals surface area contributed by atoms with Gasteiger partial charge in [-0.05, 0) is 48.7 Å². The van der Waals surface area contributed by atoms with Crippen LogP contribution in [0.1, 0.15) is 36.7 Å². The molecule has 0 saturated carbocycles. The van der Waals surface area contributed by atoms with Crippen LogP contribution in [0.5, 0.6) is 0 Å². The Morgan fingerprint density at radius 2 is 1.82 bits per heavy atom. The highest BCUT2D eigenvalue weighted by Gasteiger charge is 2.52. The molecule has 5 N–H and O–H groups in total. The molecule has 1 aliphatic rings. The summed E-state index contributed by atoms with van der Waals surface area (Å²) < 4.78 is 13.2. The van der Waals surface area contributed by atoms with Crippen molar-refractivity contribution in [2.45, 2.75) is 38.4 Å². The van der Waals surface area contributed by atoms with Crippen LogP contribution in [0.4, 0.5) is 10.1 Å². The zero-order valence-electron chi connectivity index (χ0n) is 18.4. The minimum atomic E-state index is -1.58. The third kappa shape index (κ3) is 4.83. The number of halogens is 2. The van der Waals surface area contributed by atoms with E-state index in [0.717, 1.165) is 12.1 Å². The van der Waals surface area contributed by atoms with Gasteiger partial charge < -0.3 is 21.7 Å². The quantitative estimate of drug-likeness (QED) is 0.493. The van der Waals surface area contributed by atoms with Gasteiger partial charge in [0.15, 0.2) is 11.6 Å². The van der Waals surface area contributed by atoms with E-state index in [1.165, 1.54) is 12.4 Å². The summed E-state index contributed by atoms with van der Waals surface area (Å²) in [6, 6.07) is 8.49. The predicted molar refractivity (Wildman–Crippen MR) is 125 cm³/mol. The van der Waals surface area contributed by atoms with Crippen molar-refractivity contribution in [1.82, 2.24) is 10.6 Å². The largest absolute Gasteiger partial charge is 0.367 e. The maximum absolute atomic E-state index is 13.2. The Bertz CT molecular complexity index is 1110. The number of primary amides is 1. The van der Waals surface area contributed by atoms with Gasteiger partial charge in [-0.25, -0.2) is 4.39 Å². The van der Waals surface area contributed by atoms with Crippen LogP contribution in [0.25, 0.3) is 0 Å². The fraction of sp³-hybridized carbons (Fsp3) is 0.304. The molecule has 1 aliphatic heterocycles. The van der Waals surface area contributed by atoms with Crippen molar-refractivity contribution in [3.63, 3.8) is 0 Å². The van der Waals surface area contributed by atoms with E-state index in [1.807, 2.05) is 20.8 Å². The molecule has 0 radical (unpaired) electrons. The standard InChI is InChI=1S/C23H25ClFN5O3/c1-12(2)13(3)29-21(32)19-23(22(26)33,28-11-27-19)14-4-7-16(8-5-14)30-20(31)17-9-6-15(25)10-18(17)24/h4-13,19H,1-3H3,(H2,26,33)(H,27,28)(H,29,32)(H,30,31)/t13-,19?,23?/m1/s1. The minimum Gasteiger partial charge on any atom is -0.367 e. The number of hydrogen-bond donors (Lipinski definition) is 4. The van der Waals surface area contributed by atoms with Gasteiger partial charge in [0, 0.05) is 11.7 Å². The summed E-state index contributed by atoms with van der Waals surface area (Å²) in [7, 11) is 0. The maximum atomic E-state index is 13.2. The Labute approximate surface area is 195 Å². The van der Waals surface area contributed by atoms with Crippen LogP contribution >= 0.6 is 11.6 Å². The number of rotatable bonds is 7. The van der Waals surface area contributed by atoms with E-state index in [0.29, 0.717) is 11.3 Å². The Kier molecular flexibility index (Phi) is 7.02. The summed E-state index contributed by atoms with van der Waals surface area (Å²) >= 11 is 5.94. The molecule has 2 unspecified atom stereocenters. The van der Waals surface area contributed by atoms with Crippen LogP contribution in [-0.4, -0.2) is 36.1 Å². The lowest BCUT2D eigenvalue weighted by molar-refractivity contribution is -0.132. The van der Waals surface area contributed by atoms with Crippen molar-refractivity contribution in [3.8, 4) is 0 Å². The van der Waals surface area contributed by atoms with E-state index in [-0.39, 0.29) is 22.5 Å². The third-order valence-electron chi connectivity index (χ3n) is 5.71. The average molecular weight is 474 g/mol. The van der Waals surface area contributed by atoms with Gasteiger partial charge in [-0.1, -0.05) is 37.6 Å². The van der Waals surface area contributed by atoms with Crippen LogP contribution in [0.3, 0.4) is 0 Å². The van der Waals surface area contributed by atoms with Gasteiger partial charge in [-0.15, -0.1) is 0 Å². The molecular formula is C23H25ClFN5O3. The lowest BCUT2D eigenvalue weighted by Gasteiger charge is -2.32. The van der Waals surface area contributed by atoms with E-state index in [9.17, 15) is 18.8 Å². The van der Waals surface area contributed by atoms with E-state index < -0.39 is 35.1 Å². The third-order valence-corrected chi connectivity index (χ3v) is 6.02. The Hall–Kier alpha value is -3.46. The van der Waals surface area contributed by atoms with E-state index in [2.05, 4.69) is 20.9 Å². The molecule has 3 rings (SSSR count). The molecule has 0 spiro atoms. The smallest absolute Gasteiger partial charge is 0.257 e. The number of nitrogens with zero attached hydrogens (tertiary/aromatic N) is 1. The zero-order valence-corrected chi connectivity index (χ0v) is 19.1. The minimum absolute atomic E-state index is 0.0198. The number of hydrogen-bond acceptors (Lipinski definition) is 5. The zero-order chi connectivity index (χ0) is 24.3. The van der Waals surface area contributed by atoms with Crippen LogP contribution in [0, 0.1) is 11.7 Å². The Morgan fingerprint density at radius 1 is 1.15 bits per heavy atom. The van der Waals surface area contributed by atoms with E-state index in [1.54, 1.807) is 24.3 Å². The SMILES string of the molecule is CC(C)[C@@H](C)NC(=O)C1N=CNC1(C(N)=O)c1ccc(NC(=O)c2ccc(F)cc2Cl)cc1. The molecule has 0 aromatic heterocycles. The first-order valence-corrected chi connectivity index (χ1v) is 10.7. The number of carbonyl (C=O) groups is 3. The number of anilines is 1. The molecule has 2 aromatic carbocycles. The molecule has 3 amide bonds. The Morgan fingerprint density at radius 3 is 2.39 bits per heavy atom. The van der Waals surface area contributed by atoms with Crippen molar-refractivity contribution < 1.29 is 18.8 Å². The van der Waals surface area contributed by atoms with Gasteiger partial charge in [0.05, 0.1) is 16.9 Å². The van der Waals surface area contributed by atoms with Gasteiger partial charge in [-0.3, -0.25) is 19.4 Å². The molecular weight excluding hydrogens is 449 g/mol. The van der Waals surface area contributed by atoms with Gasteiger partial charge in [0.2, 0.25) is 5.91 Å². The molecule has 10 heteroatoms. The second-order valence-electron chi connectivity index (χ2n) is 8.19. The molecule has 174 valence electrons. The highest BCUT2D eigenvalue weighted by atomic mass is 35.5. The van der Waals surface area contributed by atoms with Crippen molar-refractivity contribution in [3.05, 3.63) is 64.4 Å². The van der Waals surface area contributed by atoms with E-state index in [4.69, 9.17) is 17.3 Å². The molecule has 0 saturated heterocycles. The molecule has 0 aliphatic carbocycles. The van der Waals surface area contributed by atoms with Crippen molar-refractivity contribution in [2.75, 3.05) is 5.32 Å². The van der Waals surface area contributed by atoms with Crippen LogP contribution in [0.2, 0.25) is 5.02 Å². The molecule has 1 heterocycles. The number of nitrogens with one attached hydrogen (secondary N) is 3. The first-order chi connectivity index (χ1) is 15.6. The highest BCUT2D eigenvalue weighted by molar-refractivity contribution is 6.34. The van der Waals surface area contributed by atoms with Crippen LogP contribution in [-0.2, 0) is 15.1 Å². The van der Waals surface area contributed by atoms with Gasteiger partial charge in [0.25, 0.3) is 11.8 Å². The molecule has 2 aromatic rings. The van der Waals surface area contributed by atoms with Gasteiger partial charge in [0.1, 0.15) is 5.82 Å². The summed E-state index contributed by atoms with van der Waals surface area (Å²) in [5, 5.41) is 8.36. The highest BCUT2D eigenvalue weighted by Crippen LogP contribution is 2.31. The van der Waals surface area contributed by atoms with Crippen molar-refractivity contribution in [1.29, 1.82) is 0 Å². The average Bonchev–Trinajstić information content (AvgIpc) is 3.20. The number of benzene rings is 2. The second kappa shape index (κ2) is 9.58. The van der Waals surface area contributed by atoms with Crippen molar-refractivity contribution in [2.24, 2.45) is 16.6 Å². The molecule has 0 bridgehead atoms. The Balaban J connectivity index is 1.84. The maximum Gasteiger partial charge on any atom is 0.257 e. The summed E-state index contributed by atoms with van der Waals surface area (Å²) in [5.41, 5.74) is 5.07. The first-order valence-electron chi connectivity index (χ1n) is 10.3. The van der Waals surface area contributed by atoms with Gasteiger partial charge in [-0.2, -0.15) is 0 Å². The van der Waals surface area contributed by atoms with Crippen molar-refractivity contribution >= 4 is 41.3 Å². The van der Waals surface area contributed by atoms with Crippen LogP contribution < -0.4 is 21.7 Å². The molecule has 0 fully saturated rings. The first kappa shape index (κ1) is 24.2. The molecule has 33 heavy (non-hydrogen) atoms. The van der Waals surface area contributed by atoms with E-state index >= 15 is 0 Å². The summed E-state index contributed by atoms with van der Waals surface area (Å²) in [6.07, 6.45) is 1.29. The number of amides is 3. The second-order valence-corrected chi connectivity index (χ2v) is 8.60. The number of nitrogens with two attached hydrogens (primary N) is 1. The number of carbonyl (C=O) groups excluding carboxylic acids is 3. The molecule has 8 nitrogen and oxygen atoms in total. The normalized spacial score (nSPS) is 20.2. The monoisotopic (exact) mass is 473 g/mol. The topological polar surface area (TPSA) is 126 Å². The number of aliphatic imine (C=N–C) groups is 1. The summed E-state index contributed by atoms with van der Waals surface area (Å²) in [4.78, 5) is 42.1. The van der Waals surface area contributed by atoms with Gasteiger partial charge >= 0.3 is 0 Å². The lowest BCUT2D eigenvalue weighted by Crippen LogP contribution is -2.60. The summed E-state index contributed by atoms with van der Waals surface area (Å²) in [5.74, 6) is -2.09. The predicted octanol–water partition coefficient (Wildman–Crippen LogP) is 2.57. The fourth-order valence-electron chi connectivity index (χ4n) is 3.42. The van der Waals surface area contributed by atoms with Crippen LogP contribution in [0.15, 0.2) is 47.5 Å². The summed E-state index contributed by atoms with van der Waals surface area (Å²) in [6.45, 7) is 5.80. The molecule has 3 atom stereocenters. The fourth-order valence-corrected chi connectivity index (χ4v) is 3.67.